The molecule has 5 nitrogen and oxygen atoms in total. The molecule has 0 fully saturated rings. The first-order chi connectivity index (χ1) is 11.8. The van der Waals surface area contributed by atoms with Gasteiger partial charge in [-0.2, -0.15) is 0 Å². The van der Waals surface area contributed by atoms with Crippen molar-refractivity contribution >= 4 is 21.6 Å². The number of nitrogens with one attached hydrogen (secondary N) is 2. The second-order valence-corrected chi connectivity index (χ2v) is 7.73. The summed E-state index contributed by atoms with van der Waals surface area (Å²) in [5, 5.41) is 2.71. The molecule has 25 heavy (non-hydrogen) atoms. The summed E-state index contributed by atoms with van der Waals surface area (Å²) in [5.74, 6) is -0.769. The first-order valence-electron chi connectivity index (χ1n) is 7.94. The molecule has 2 N–H and O–H groups in total. The highest BCUT2D eigenvalue weighted by Crippen LogP contribution is 2.19. The molecule has 0 radical (unpaired) electrons. The van der Waals surface area contributed by atoms with E-state index >= 15 is 0 Å². The molecular weight excluding hydrogens is 343 g/mol. The third-order valence-electron chi connectivity index (χ3n) is 3.72. The maximum atomic E-state index is 13.6. The molecule has 2 aromatic rings. The average Bonchev–Trinajstić information content (AvgIpc) is 2.57. The molecule has 2 aromatic carbocycles. The molecule has 0 aliphatic heterocycles. The second-order valence-electron chi connectivity index (χ2n) is 5.68. The van der Waals surface area contributed by atoms with E-state index in [0.29, 0.717) is 11.3 Å². The minimum absolute atomic E-state index is 0.00357. The molecule has 2 rings (SSSR count). The number of carbonyl (C=O) groups excluding carboxylic acids is 1. The van der Waals surface area contributed by atoms with E-state index in [1.807, 2.05) is 0 Å². The van der Waals surface area contributed by atoms with Crippen molar-refractivity contribution in [3.63, 3.8) is 0 Å². The monoisotopic (exact) mass is 364 g/mol. The Balaban J connectivity index is 2.06. The van der Waals surface area contributed by atoms with Crippen LogP contribution in [0, 0.1) is 5.82 Å². The average molecular weight is 364 g/mol. The van der Waals surface area contributed by atoms with E-state index in [-0.39, 0.29) is 18.1 Å². The summed E-state index contributed by atoms with van der Waals surface area (Å²) in [6.07, 6.45) is -0.0745. The lowest BCUT2D eigenvalue weighted by atomic mass is 10.1. The van der Waals surface area contributed by atoms with Crippen LogP contribution < -0.4 is 10.0 Å². The predicted octanol–water partition coefficient (Wildman–Crippen LogP) is 3.01. The first kappa shape index (κ1) is 19.1. The van der Waals surface area contributed by atoms with Gasteiger partial charge in [0.1, 0.15) is 5.82 Å². The molecule has 0 saturated heterocycles. The van der Waals surface area contributed by atoms with Crippen LogP contribution in [0.15, 0.2) is 48.5 Å². The Hall–Kier alpha value is -2.25. The summed E-state index contributed by atoms with van der Waals surface area (Å²) in [6.45, 7) is 3.29. The minimum Gasteiger partial charge on any atom is -0.326 e. The Morgan fingerprint density at radius 1 is 1.16 bits per heavy atom. The standard InChI is InChI=1S/C18H21FN2O3S/c1-3-25(23,24)21-13(2)14-8-6-9-16(11-14)20-18(22)12-15-7-4-5-10-17(15)19/h4-11,13,21H,3,12H2,1-2H3,(H,20,22). The van der Waals surface area contributed by atoms with Crippen molar-refractivity contribution in [3.8, 4) is 0 Å². The second kappa shape index (κ2) is 8.22. The number of anilines is 1. The molecule has 134 valence electrons. The Kier molecular flexibility index (Phi) is 6.27. The van der Waals surface area contributed by atoms with Crippen molar-refractivity contribution in [2.24, 2.45) is 0 Å². The maximum absolute atomic E-state index is 13.6. The van der Waals surface area contributed by atoms with E-state index in [2.05, 4.69) is 10.0 Å². The Bertz CT molecular complexity index is 853. The predicted molar refractivity (Wildman–Crippen MR) is 96.2 cm³/mol. The van der Waals surface area contributed by atoms with Crippen LogP contribution >= 0.6 is 0 Å². The fourth-order valence-electron chi connectivity index (χ4n) is 2.33. The van der Waals surface area contributed by atoms with Gasteiger partial charge in [-0.15, -0.1) is 0 Å². The molecule has 0 heterocycles. The first-order valence-corrected chi connectivity index (χ1v) is 9.59. The zero-order chi connectivity index (χ0) is 18.4. The van der Waals surface area contributed by atoms with Gasteiger partial charge < -0.3 is 5.32 Å². The molecule has 1 atom stereocenters. The van der Waals surface area contributed by atoms with Crippen LogP contribution in [0.2, 0.25) is 0 Å². The van der Waals surface area contributed by atoms with Gasteiger partial charge in [0, 0.05) is 11.7 Å². The normalized spacial score (nSPS) is 12.6. The number of rotatable bonds is 7. The van der Waals surface area contributed by atoms with Gasteiger partial charge in [-0.25, -0.2) is 17.5 Å². The van der Waals surface area contributed by atoms with Crippen molar-refractivity contribution < 1.29 is 17.6 Å². The van der Waals surface area contributed by atoms with Crippen molar-refractivity contribution in [3.05, 3.63) is 65.5 Å². The molecule has 0 saturated carbocycles. The van der Waals surface area contributed by atoms with Gasteiger partial charge in [0.05, 0.1) is 12.2 Å². The molecule has 7 heteroatoms. The molecular formula is C18H21FN2O3S. The van der Waals surface area contributed by atoms with E-state index in [1.54, 1.807) is 56.3 Å². The summed E-state index contributed by atoms with van der Waals surface area (Å²) in [6, 6.07) is 12.6. The van der Waals surface area contributed by atoms with Crippen LogP contribution in [0.3, 0.4) is 0 Å². The van der Waals surface area contributed by atoms with Crippen molar-refractivity contribution in [2.75, 3.05) is 11.1 Å². The summed E-state index contributed by atoms with van der Waals surface area (Å²) in [5.41, 5.74) is 1.57. The highest BCUT2D eigenvalue weighted by atomic mass is 32.2. The van der Waals surface area contributed by atoms with Gasteiger partial charge in [0.25, 0.3) is 0 Å². The zero-order valence-corrected chi connectivity index (χ0v) is 14.9. The lowest BCUT2D eigenvalue weighted by Gasteiger charge is -2.15. The fraction of sp³-hybridized carbons (Fsp3) is 0.278. The van der Waals surface area contributed by atoms with E-state index in [4.69, 9.17) is 0 Å². The lowest BCUT2D eigenvalue weighted by molar-refractivity contribution is -0.115. The number of carbonyl (C=O) groups is 1. The number of halogens is 1. The number of benzene rings is 2. The minimum atomic E-state index is -3.33. The third-order valence-corrected chi connectivity index (χ3v) is 5.19. The summed E-state index contributed by atoms with van der Waals surface area (Å²) < 4.78 is 39.5. The van der Waals surface area contributed by atoms with Crippen LogP contribution in [0.25, 0.3) is 0 Å². The third kappa shape index (κ3) is 5.65. The smallest absolute Gasteiger partial charge is 0.228 e. The summed E-state index contributed by atoms with van der Waals surface area (Å²) >= 11 is 0. The fourth-order valence-corrected chi connectivity index (χ4v) is 3.17. The van der Waals surface area contributed by atoms with Crippen LogP contribution in [0.5, 0.6) is 0 Å². The number of hydrogen-bond donors (Lipinski definition) is 2. The van der Waals surface area contributed by atoms with Gasteiger partial charge in [0.2, 0.25) is 15.9 Å². The summed E-state index contributed by atoms with van der Waals surface area (Å²) in [4.78, 5) is 12.1. The Labute approximate surface area is 147 Å². The van der Waals surface area contributed by atoms with Gasteiger partial charge >= 0.3 is 0 Å². The highest BCUT2D eigenvalue weighted by Gasteiger charge is 2.14. The van der Waals surface area contributed by atoms with Crippen molar-refractivity contribution in [2.45, 2.75) is 26.3 Å². The topological polar surface area (TPSA) is 75.3 Å². The molecule has 0 aliphatic carbocycles. The number of amides is 1. The Morgan fingerprint density at radius 2 is 1.88 bits per heavy atom. The SMILES string of the molecule is CCS(=O)(=O)NC(C)c1cccc(NC(=O)Cc2ccccc2F)c1. The molecule has 1 unspecified atom stereocenters. The van der Waals surface area contributed by atoms with Crippen LogP contribution in [0.1, 0.15) is 31.0 Å². The maximum Gasteiger partial charge on any atom is 0.228 e. The molecule has 0 spiro atoms. The van der Waals surface area contributed by atoms with Crippen LogP contribution in [-0.2, 0) is 21.2 Å². The molecule has 0 aromatic heterocycles. The van der Waals surface area contributed by atoms with Gasteiger partial charge in [-0.1, -0.05) is 30.3 Å². The van der Waals surface area contributed by atoms with Crippen LogP contribution in [0.4, 0.5) is 10.1 Å². The zero-order valence-electron chi connectivity index (χ0n) is 14.1. The highest BCUT2D eigenvalue weighted by molar-refractivity contribution is 7.89. The summed E-state index contributed by atoms with van der Waals surface area (Å²) in [7, 11) is -3.33. The lowest BCUT2D eigenvalue weighted by Crippen LogP contribution is -2.28. The number of sulfonamides is 1. The van der Waals surface area contributed by atoms with Crippen molar-refractivity contribution in [1.82, 2.24) is 4.72 Å². The van der Waals surface area contributed by atoms with Gasteiger partial charge in [0.15, 0.2) is 0 Å². The van der Waals surface area contributed by atoms with E-state index in [0.717, 1.165) is 5.56 Å². The van der Waals surface area contributed by atoms with Crippen LogP contribution in [-0.4, -0.2) is 20.1 Å². The van der Waals surface area contributed by atoms with Gasteiger partial charge in [-0.3, -0.25) is 4.79 Å². The van der Waals surface area contributed by atoms with Crippen molar-refractivity contribution in [1.29, 1.82) is 0 Å². The molecule has 0 aliphatic rings. The molecule has 1 amide bonds. The van der Waals surface area contributed by atoms with Gasteiger partial charge in [-0.05, 0) is 43.2 Å². The van der Waals surface area contributed by atoms with E-state index in [1.165, 1.54) is 6.07 Å². The quantitative estimate of drug-likeness (QED) is 0.793. The van der Waals surface area contributed by atoms with E-state index < -0.39 is 21.9 Å². The largest absolute Gasteiger partial charge is 0.326 e. The number of hydrogen-bond acceptors (Lipinski definition) is 3. The Morgan fingerprint density at radius 3 is 2.56 bits per heavy atom. The molecule has 0 bridgehead atoms. The van der Waals surface area contributed by atoms with E-state index in [9.17, 15) is 17.6 Å².